The minimum Gasteiger partial charge on any atom is -0.829 e. The highest BCUT2D eigenvalue weighted by molar-refractivity contribution is 4.81. The SMILES string of the molecule is [O-]C1OC[C@@H](O)[C@H](O)[C@H]1F. The maximum atomic E-state index is 12.4. The van der Waals surface area contributed by atoms with E-state index in [1.165, 1.54) is 0 Å². The molecule has 0 aromatic carbocycles. The predicted octanol–water partition coefficient (Wildman–Crippen LogP) is -2.24. The van der Waals surface area contributed by atoms with Gasteiger partial charge in [-0.1, -0.05) is 0 Å². The van der Waals surface area contributed by atoms with Gasteiger partial charge in [-0.3, -0.25) is 0 Å². The van der Waals surface area contributed by atoms with E-state index in [1.807, 2.05) is 0 Å². The average Bonchev–Trinajstić information content (AvgIpc) is 1.93. The fraction of sp³-hybridized carbons (Fsp3) is 1.00. The molecule has 1 saturated heterocycles. The van der Waals surface area contributed by atoms with Crippen molar-refractivity contribution in [3.05, 3.63) is 0 Å². The average molecular weight is 151 g/mol. The van der Waals surface area contributed by atoms with Gasteiger partial charge in [-0.15, -0.1) is 0 Å². The van der Waals surface area contributed by atoms with E-state index in [0.717, 1.165) is 0 Å². The highest BCUT2D eigenvalue weighted by Gasteiger charge is 2.33. The number of hydrogen-bond acceptors (Lipinski definition) is 4. The molecule has 1 aliphatic heterocycles. The van der Waals surface area contributed by atoms with Crippen molar-refractivity contribution in [1.82, 2.24) is 0 Å². The lowest BCUT2D eigenvalue weighted by Gasteiger charge is -2.37. The van der Waals surface area contributed by atoms with Gasteiger partial charge in [-0.2, -0.15) is 0 Å². The molecule has 10 heavy (non-hydrogen) atoms. The van der Waals surface area contributed by atoms with Crippen LogP contribution in [0.1, 0.15) is 0 Å². The van der Waals surface area contributed by atoms with Gasteiger partial charge in [0.1, 0.15) is 18.4 Å². The zero-order valence-electron chi connectivity index (χ0n) is 5.11. The normalized spacial score (nSPS) is 49.2. The fourth-order valence-electron chi connectivity index (χ4n) is 0.757. The summed E-state index contributed by atoms with van der Waals surface area (Å²) in [6.07, 6.45) is -6.77. The second-order valence-electron chi connectivity index (χ2n) is 2.20. The Morgan fingerprint density at radius 1 is 1.50 bits per heavy atom. The molecule has 4 atom stereocenters. The van der Waals surface area contributed by atoms with Crippen LogP contribution in [0.3, 0.4) is 0 Å². The second-order valence-corrected chi connectivity index (χ2v) is 2.20. The molecule has 4 nitrogen and oxygen atoms in total. The fourth-order valence-corrected chi connectivity index (χ4v) is 0.757. The minimum absolute atomic E-state index is 0.296. The van der Waals surface area contributed by atoms with E-state index >= 15 is 0 Å². The first-order valence-corrected chi connectivity index (χ1v) is 2.90. The number of halogens is 1. The van der Waals surface area contributed by atoms with Gasteiger partial charge in [0.05, 0.1) is 6.61 Å². The molecule has 0 aromatic rings. The highest BCUT2D eigenvalue weighted by atomic mass is 19.1. The third-order valence-corrected chi connectivity index (χ3v) is 1.41. The zero-order valence-corrected chi connectivity index (χ0v) is 5.11. The number of rotatable bonds is 0. The van der Waals surface area contributed by atoms with E-state index in [4.69, 9.17) is 10.2 Å². The second kappa shape index (κ2) is 2.79. The van der Waals surface area contributed by atoms with Gasteiger partial charge in [0.15, 0.2) is 0 Å². The molecule has 0 saturated carbocycles. The van der Waals surface area contributed by atoms with E-state index < -0.39 is 24.7 Å². The molecule has 0 bridgehead atoms. The van der Waals surface area contributed by atoms with Gasteiger partial charge in [-0.25, -0.2) is 4.39 Å². The summed E-state index contributed by atoms with van der Waals surface area (Å²) in [6, 6.07) is 0. The van der Waals surface area contributed by atoms with Crippen LogP contribution in [-0.4, -0.2) is 41.5 Å². The molecule has 0 radical (unpaired) electrons. The lowest BCUT2D eigenvalue weighted by Crippen LogP contribution is -2.55. The van der Waals surface area contributed by atoms with Crippen molar-refractivity contribution in [2.45, 2.75) is 24.7 Å². The summed E-state index contributed by atoms with van der Waals surface area (Å²) in [4.78, 5) is 0. The summed E-state index contributed by atoms with van der Waals surface area (Å²) in [5.41, 5.74) is 0. The summed E-state index contributed by atoms with van der Waals surface area (Å²) >= 11 is 0. The third kappa shape index (κ3) is 1.27. The molecule has 5 heteroatoms. The molecule has 1 aliphatic rings. The molecule has 0 amide bonds. The Morgan fingerprint density at radius 2 is 2.10 bits per heavy atom. The molecule has 1 unspecified atom stereocenters. The van der Waals surface area contributed by atoms with Crippen LogP contribution in [0.15, 0.2) is 0 Å². The van der Waals surface area contributed by atoms with Crippen molar-refractivity contribution in [1.29, 1.82) is 0 Å². The van der Waals surface area contributed by atoms with Crippen molar-refractivity contribution in [3.8, 4) is 0 Å². The number of aliphatic hydroxyl groups is 2. The lowest BCUT2D eigenvalue weighted by atomic mass is 10.1. The van der Waals surface area contributed by atoms with E-state index in [1.54, 1.807) is 0 Å². The number of ether oxygens (including phenoxy) is 1. The van der Waals surface area contributed by atoms with Crippen molar-refractivity contribution >= 4 is 0 Å². The quantitative estimate of drug-likeness (QED) is 0.410. The first kappa shape index (κ1) is 7.87. The predicted molar refractivity (Wildman–Crippen MR) is 26.6 cm³/mol. The van der Waals surface area contributed by atoms with E-state index in [-0.39, 0.29) is 6.61 Å². The lowest BCUT2D eigenvalue weighted by molar-refractivity contribution is -0.518. The molecule has 60 valence electrons. The van der Waals surface area contributed by atoms with Crippen molar-refractivity contribution < 1.29 is 24.4 Å². The monoisotopic (exact) mass is 151 g/mol. The van der Waals surface area contributed by atoms with Crippen molar-refractivity contribution in [3.63, 3.8) is 0 Å². The summed E-state index contributed by atoms with van der Waals surface area (Å²) < 4.78 is 16.6. The maximum absolute atomic E-state index is 12.4. The largest absolute Gasteiger partial charge is 0.829 e. The Hall–Kier alpha value is -0.230. The Bertz CT molecular complexity index is 106. The maximum Gasteiger partial charge on any atom is 0.140 e. The molecule has 0 aromatic heterocycles. The van der Waals surface area contributed by atoms with Crippen LogP contribution < -0.4 is 5.11 Å². The Labute approximate surface area is 56.9 Å². The molecular weight excluding hydrogens is 143 g/mol. The number of hydrogen-bond donors (Lipinski definition) is 2. The number of alkyl halides is 1. The van der Waals surface area contributed by atoms with Gasteiger partial charge in [0.2, 0.25) is 0 Å². The smallest absolute Gasteiger partial charge is 0.140 e. The minimum atomic E-state index is -2.02. The molecule has 2 N–H and O–H groups in total. The van der Waals surface area contributed by atoms with Crippen molar-refractivity contribution in [2.75, 3.05) is 6.61 Å². The van der Waals surface area contributed by atoms with E-state index in [2.05, 4.69) is 4.74 Å². The first-order valence-electron chi connectivity index (χ1n) is 2.90. The van der Waals surface area contributed by atoms with Crippen molar-refractivity contribution in [2.24, 2.45) is 0 Å². The molecule has 0 aliphatic carbocycles. The zero-order chi connectivity index (χ0) is 7.72. The summed E-state index contributed by atoms with van der Waals surface area (Å²) in [6.45, 7) is -0.296. The molecular formula is C5H8FO4-. The Kier molecular flexibility index (Phi) is 2.20. The van der Waals surface area contributed by atoms with Gasteiger partial charge in [0, 0.05) is 6.29 Å². The van der Waals surface area contributed by atoms with Crippen LogP contribution in [0.5, 0.6) is 0 Å². The van der Waals surface area contributed by atoms with Gasteiger partial charge in [-0.05, 0) is 0 Å². The van der Waals surface area contributed by atoms with Gasteiger partial charge in [0.25, 0.3) is 0 Å². The van der Waals surface area contributed by atoms with Crippen LogP contribution in [0.25, 0.3) is 0 Å². The number of aliphatic hydroxyl groups excluding tert-OH is 2. The standard InChI is InChI=1S/C5H8FO4/c6-3-4(8)2(7)1-10-5(3)9/h2-5,7-8H,1H2/q-1/t2-,3-,4+,5?/m1/s1. The van der Waals surface area contributed by atoms with E-state index in [0.29, 0.717) is 0 Å². The molecule has 1 fully saturated rings. The topological polar surface area (TPSA) is 72.8 Å². The van der Waals surface area contributed by atoms with Crippen LogP contribution in [0.2, 0.25) is 0 Å². The summed E-state index contributed by atoms with van der Waals surface area (Å²) in [5.74, 6) is 0. The van der Waals surface area contributed by atoms with Gasteiger partial charge < -0.3 is 20.1 Å². The summed E-state index contributed by atoms with van der Waals surface area (Å²) in [7, 11) is 0. The summed E-state index contributed by atoms with van der Waals surface area (Å²) in [5, 5.41) is 27.8. The van der Waals surface area contributed by atoms with Crippen LogP contribution >= 0.6 is 0 Å². The Morgan fingerprint density at radius 3 is 2.60 bits per heavy atom. The first-order chi connectivity index (χ1) is 4.63. The molecule has 1 rings (SSSR count). The van der Waals surface area contributed by atoms with Crippen LogP contribution in [0.4, 0.5) is 4.39 Å². The van der Waals surface area contributed by atoms with Gasteiger partial charge >= 0.3 is 0 Å². The molecule has 1 heterocycles. The van der Waals surface area contributed by atoms with Crippen LogP contribution in [0, 0.1) is 0 Å². The highest BCUT2D eigenvalue weighted by Crippen LogP contribution is 2.14. The molecule has 0 spiro atoms. The van der Waals surface area contributed by atoms with Crippen LogP contribution in [-0.2, 0) is 4.74 Å². The third-order valence-electron chi connectivity index (χ3n) is 1.41. The Balaban J connectivity index is 2.52. The van der Waals surface area contributed by atoms with E-state index in [9.17, 15) is 9.50 Å².